The topological polar surface area (TPSA) is 96.7 Å². The molecule has 1 saturated heterocycles. The predicted molar refractivity (Wildman–Crippen MR) is 115 cm³/mol. The minimum atomic E-state index is -3.63. The molecule has 0 bridgehead atoms. The molecule has 1 aromatic carbocycles. The van der Waals surface area contributed by atoms with Crippen LogP contribution in [0.15, 0.2) is 39.6 Å². The van der Waals surface area contributed by atoms with E-state index in [0.29, 0.717) is 43.1 Å². The molecule has 0 aliphatic carbocycles. The molecule has 0 radical (unpaired) electrons. The molecule has 1 amide bonds. The van der Waals surface area contributed by atoms with Crippen molar-refractivity contribution in [2.45, 2.75) is 51.0 Å². The molecule has 1 fully saturated rings. The van der Waals surface area contributed by atoms with Gasteiger partial charge in [0, 0.05) is 30.6 Å². The third-order valence-electron chi connectivity index (χ3n) is 5.50. The number of amidine groups is 1. The van der Waals surface area contributed by atoms with Crippen molar-refractivity contribution in [2.24, 2.45) is 10.3 Å². The van der Waals surface area contributed by atoms with Crippen LogP contribution in [0.3, 0.4) is 0 Å². The molecule has 1 aromatic heterocycles. The Morgan fingerprint density at radius 2 is 1.83 bits per heavy atom. The fourth-order valence-corrected chi connectivity index (χ4v) is 5.23. The molecule has 9 heteroatoms. The van der Waals surface area contributed by atoms with Crippen molar-refractivity contribution in [2.75, 3.05) is 18.4 Å². The number of likely N-dealkylation sites (tertiary alicyclic amines) is 1. The molecule has 0 atom stereocenters. The summed E-state index contributed by atoms with van der Waals surface area (Å²) in [6, 6.07) is 8.77. The highest BCUT2D eigenvalue weighted by molar-refractivity contribution is 7.90. The maximum absolute atomic E-state index is 12.9. The second-order valence-corrected chi connectivity index (χ2v) is 10.5. The Bertz CT molecular complexity index is 1120. The summed E-state index contributed by atoms with van der Waals surface area (Å²) in [5.74, 6) is 1.03. The molecule has 2 aliphatic heterocycles. The number of benzene rings is 1. The molecule has 30 heavy (non-hydrogen) atoms. The van der Waals surface area contributed by atoms with Crippen LogP contribution in [0.1, 0.15) is 44.9 Å². The number of carbonyl (C=O) groups excluding carboxylic acids is 1. The first-order valence-corrected chi connectivity index (χ1v) is 11.6. The Kier molecular flexibility index (Phi) is 4.96. The molecule has 2 aromatic rings. The van der Waals surface area contributed by atoms with Gasteiger partial charge in [0.1, 0.15) is 10.7 Å². The van der Waals surface area contributed by atoms with Crippen LogP contribution in [-0.2, 0) is 20.4 Å². The number of sulfonamides is 1. The number of anilines is 1. The zero-order chi connectivity index (χ0) is 21.7. The van der Waals surface area contributed by atoms with E-state index < -0.39 is 10.0 Å². The molecule has 160 valence electrons. The number of fused-ring (bicyclic) bond motifs is 1. The van der Waals surface area contributed by atoms with E-state index in [0.717, 1.165) is 5.69 Å². The van der Waals surface area contributed by atoms with Gasteiger partial charge in [-0.1, -0.05) is 12.1 Å². The number of rotatable bonds is 2. The molecule has 0 unspecified atom stereocenters. The maximum atomic E-state index is 12.9. The molecule has 3 heterocycles. The lowest BCUT2D eigenvalue weighted by Crippen LogP contribution is -2.41. The largest absolute Gasteiger partial charge is 0.355 e. The first-order chi connectivity index (χ1) is 14.1. The maximum Gasteiger partial charge on any atom is 0.285 e. The number of carbonyl (C=O) groups is 1. The molecular formula is C21H27N5O3S. The van der Waals surface area contributed by atoms with Gasteiger partial charge in [-0.3, -0.25) is 4.79 Å². The van der Waals surface area contributed by atoms with E-state index in [1.54, 1.807) is 18.2 Å². The minimum absolute atomic E-state index is 0.0265. The van der Waals surface area contributed by atoms with Crippen molar-refractivity contribution in [3.8, 4) is 0 Å². The van der Waals surface area contributed by atoms with Crippen LogP contribution >= 0.6 is 0 Å². The Labute approximate surface area is 177 Å². The van der Waals surface area contributed by atoms with Crippen molar-refractivity contribution in [3.05, 3.63) is 41.6 Å². The number of amides is 1. The second-order valence-electron chi connectivity index (χ2n) is 8.89. The van der Waals surface area contributed by atoms with Gasteiger partial charge in [-0.05, 0) is 52.7 Å². The third kappa shape index (κ3) is 3.74. The number of nitrogens with one attached hydrogen (secondary N) is 1. The lowest BCUT2D eigenvalue weighted by atomic mass is 9.95. The van der Waals surface area contributed by atoms with Gasteiger partial charge in [-0.2, -0.15) is 13.5 Å². The molecule has 1 N–H and O–H groups in total. The number of aryl methyl sites for hydroxylation is 1. The summed E-state index contributed by atoms with van der Waals surface area (Å²) in [5, 5.41) is 7.54. The highest BCUT2D eigenvalue weighted by Crippen LogP contribution is 2.30. The normalized spacial score (nSPS) is 18.8. The van der Waals surface area contributed by atoms with E-state index in [-0.39, 0.29) is 22.3 Å². The smallest absolute Gasteiger partial charge is 0.285 e. The monoisotopic (exact) mass is 429 g/mol. The fourth-order valence-electron chi connectivity index (χ4n) is 4.00. The summed E-state index contributed by atoms with van der Waals surface area (Å²) in [6.45, 7) is 9.20. The molecule has 2 aliphatic rings. The first kappa shape index (κ1) is 20.6. The average Bonchev–Trinajstić information content (AvgIpc) is 3.19. The summed E-state index contributed by atoms with van der Waals surface area (Å²) >= 11 is 0. The molecule has 4 rings (SSSR count). The van der Waals surface area contributed by atoms with Gasteiger partial charge in [-0.25, -0.2) is 4.68 Å². The van der Waals surface area contributed by atoms with Crippen molar-refractivity contribution in [3.63, 3.8) is 0 Å². The Hall–Kier alpha value is -2.68. The molecular weight excluding hydrogens is 402 g/mol. The third-order valence-corrected chi connectivity index (χ3v) is 6.82. The number of piperidine rings is 1. The van der Waals surface area contributed by atoms with Gasteiger partial charge in [0.15, 0.2) is 5.84 Å². The van der Waals surface area contributed by atoms with Crippen LogP contribution in [0.2, 0.25) is 0 Å². The number of aromatic nitrogens is 2. The Balaban J connectivity index is 1.44. The Morgan fingerprint density at radius 1 is 1.17 bits per heavy atom. The first-order valence-electron chi connectivity index (χ1n) is 10.1. The average molecular weight is 430 g/mol. The van der Waals surface area contributed by atoms with Gasteiger partial charge >= 0.3 is 0 Å². The number of hydrogen-bond donors (Lipinski definition) is 1. The van der Waals surface area contributed by atoms with Crippen LogP contribution in [0.4, 0.5) is 5.82 Å². The van der Waals surface area contributed by atoms with E-state index in [2.05, 4.69) is 14.8 Å². The van der Waals surface area contributed by atoms with Gasteiger partial charge < -0.3 is 10.2 Å². The van der Waals surface area contributed by atoms with Crippen LogP contribution in [0.25, 0.3) is 0 Å². The number of nitrogens with zero attached hydrogens (tertiary/aromatic N) is 4. The lowest BCUT2D eigenvalue weighted by Gasteiger charge is -2.32. The zero-order valence-electron chi connectivity index (χ0n) is 17.7. The van der Waals surface area contributed by atoms with E-state index in [4.69, 9.17) is 0 Å². The summed E-state index contributed by atoms with van der Waals surface area (Å²) in [5.41, 5.74) is 1.26. The van der Waals surface area contributed by atoms with E-state index in [1.807, 2.05) is 49.4 Å². The van der Waals surface area contributed by atoms with Crippen LogP contribution in [-0.4, -0.2) is 47.9 Å². The molecule has 8 nitrogen and oxygen atoms in total. The van der Waals surface area contributed by atoms with Gasteiger partial charge in [0.25, 0.3) is 10.0 Å². The molecule has 0 saturated carbocycles. The summed E-state index contributed by atoms with van der Waals surface area (Å²) in [7, 11) is -3.63. The molecule has 0 spiro atoms. The van der Waals surface area contributed by atoms with Crippen LogP contribution < -0.4 is 5.32 Å². The highest BCUT2D eigenvalue weighted by Gasteiger charge is 2.34. The lowest BCUT2D eigenvalue weighted by molar-refractivity contribution is -0.121. The van der Waals surface area contributed by atoms with E-state index in [1.165, 1.54) is 0 Å². The number of hydrogen-bond acceptors (Lipinski definition) is 5. The SMILES string of the molecule is Cc1cc(NC(=O)C2CCN(C3=NS(=O)(=O)c4ccccc43)CC2)n(C(C)(C)C)n1. The van der Waals surface area contributed by atoms with Gasteiger partial charge in [0.05, 0.1) is 11.2 Å². The summed E-state index contributed by atoms with van der Waals surface area (Å²) < 4.78 is 30.5. The summed E-state index contributed by atoms with van der Waals surface area (Å²) in [4.78, 5) is 15.1. The minimum Gasteiger partial charge on any atom is -0.355 e. The van der Waals surface area contributed by atoms with Crippen molar-refractivity contribution >= 4 is 27.6 Å². The van der Waals surface area contributed by atoms with Crippen molar-refractivity contribution in [1.82, 2.24) is 14.7 Å². The van der Waals surface area contributed by atoms with Crippen molar-refractivity contribution < 1.29 is 13.2 Å². The van der Waals surface area contributed by atoms with Gasteiger partial charge in [0.2, 0.25) is 5.91 Å². The highest BCUT2D eigenvalue weighted by atomic mass is 32.2. The van der Waals surface area contributed by atoms with Gasteiger partial charge in [-0.15, -0.1) is 4.40 Å². The fraction of sp³-hybridized carbons (Fsp3) is 0.476. The predicted octanol–water partition coefficient (Wildman–Crippen LogP) is 2.75. The quantitative estimate of drug-likeness (QED) is 0.792. The zero-order valence-corrected chi connectivity index (χ0v) is 18.5. The second kappa shape index (κ2) is 7.23. The van der Waals surface area contributed by atoms with E-state index in [9.17, 15) is 13.2 Å². The summed E-state index contributed by atoms with van der Waals surface area (Å²) in [6.07, 6.45) is 1.27. The van der Waals surface area contributed by atoms with Crippen LogP contribution in [0, 0.1) is 12.8 Å². The van der Waals surface area contributed by atoms with Crippen molar-refractivity contribution in [1.29, 1.82) is 0 Å². The standard InChI is InChI=1S/C21H27N5O3S/c1-14-13-18(26(23-14)21(2,3)4)22-20(27)15-9-11-25(12-10-15)19-16-7-5-6-8-17(16)30(28,29)24-19/h5-8,13,15H,9-12H2,1-4H3,(H,22,27). The van der Waals surface area contributed by atoms with E-state index >= 15 is 0 Å². The van der Waals surface area contributed by atoms with Crippen LogP contribution in [0.5, 0.6) is 0 Å². The Morgan fingerprint density at radius 3 is 2.50 bits per heavy atom.